The molecule has 3 rings (SSSR count). The lowest BCUT2D eigenvalue weighted by atomic mass is 10.1. The minimum Gasteiger partial charge on any atom is -0.467 e. The van der Waals surface area contributed by atoms with Crippen LogP contribution in [-0.4, -0.2) is 15.9 Å². The molecule has 42 heavy (non-hydrogen) atoms. The van der Waals surface area contributed by atoms with Gasteiger partial charge in [-0.3, -0.25) is 14.8 Å². The topological polar surface area (TPSA) is 162 Å². The Morgan fingerprint density at radius 2 is 1.38 bits per heavy atom. The van der Waals surface area contributed by atoms with Crippen LogP contribution in [0.1, 0.15) is 34.2 Å². The largest absolute Gasteiger partial charge is 0.467 e. The zero-order valence-corrected chi connectivity index (χ0v) is 22.4. The van der Waals surface area contributed by atoms with Crippen molar-refractivity contribution in [1.29, 1.82) is 5.53 Å². The van der Waals surface area contributed by atoms with Gasteiger partial charge < -0.3 is 9.73 Å². The number of nitrogens with zero attached hydrogens (tertiary/aromatic N) is 4. The average Bonchev–Trinajstić information content (AvgIpc) is 3.57. The summed E-state index contributed by atoms with van der Waals surface area (Å²) in [7, 11) is 0. The van der Waals surface area contributed by atoms with Crippen LogP contribution in [0.25, 0.3) is 21.6 Å². The number of carbonyl (C=O) groups excluding carboxylic acids is 1. The van der Waals surface area contributed by atoms with Crippen molar-refractivity contribution < 1.29 is 13.5 Å². The van der Waals surface area contributed by atoms with Crippen molar-refractivity contribution in [3.05, 3.63) is 93.1 Å². The molecule has 0 bridgehead atoms. The van der Waals surface area contributed by atoms with Crippen LogP contribution in [0.2, 0.25) is 0 Å². The molecule has 0 aromatic carbocycles. The third kappa shape index (κ3) is 17.4. The zero-order valence-electron chi connectivity index (χ0n) is 22.4. The highest BCUT2D eigenvalue weighted by Crippen LogP contribution is 2.17. The van der Waals surface area contributed by atoms with Crippen molar-refractivity contribution >= 4 is 5.91 Å². The van der Waals surface area contributed by atoms with E-state index in [1.165, 1.54) is 6.20 Å². The third-order valence-corrected chi connectivity index (χ3v) is 3.94. The molecular formula is C32H26N6O4. The maximum Gasteiger partial charge on any atom is 0.253 e. The van der Waals surface area contributed by atoms with Crippen LogP contribution in [0.15, 0.2) is 65.8 Å². The van der Waals surface area contributed by atoms with E-state index in [-0.39, 0.29) is 10.2 Å². The number of hydrogen-bond acceptors (Lipinski definition) is 7. The first kappa shape index (κ1) is 34.9. The van der Waals surface area contributed by atoms with E-state index < -0.39 is 0 Å². The Morgan fingerprint density at radius 1 is 0.857 bits per heavy atom. The number of pyridine rings is 2. The van der Waals surface area contributed by atoms with Gasteiger partial charge in [0, 0.05) is 50.1 Å². The number of furan rings is 1. The van der Waals surface area contributed by atoms with Crippen molar-refractivity contribution in [2.75, 3.05) is 0 Å². The summed E-state index contributed by atoms with van der Waals surface area (Å²) in [4.78, 5) is 36.0. The number of amides is 1. The lowest BCUT2D eigenvalue weighted by Crippen LogP contribution is -2.22. The van der Waals surface area contributed by atoms with Crippen LogP contribution in [0.5, 0.6) is 0 Å². The molecule has 0 saturated carbocycles. The van der Waals surface area contributed by atoms with Gasteiger partial charge in [-0.15, -0.1) is 5.53 Å². The maximum atomic E-state index is 12.1. The van der Waals surface area contributed by atoms with Crippen LogP contribution in [0.4, 0.5) is 0 Å². The smallest absolute Gasteiger partial charge is 0.253 e. The van der Waals surface area contributed by atoms with E-state index in [4.69, 9.17) is 25.4 Å². The highest BCUT2D eigenvalue weighted by molar-refractivity contribution is 5.94. The van der Waals surface area contributed by atoms with Gasteiger partial charge in [0.05, 0.1) is 18.4 Å². The van der Waals surface area contributed by atoms with Gasteiger partial charge in [-0.1, -0.05) is 17.9 Å². The second-order valence-corrected chi connectivity index (χ2v) is 6.57. The molecule has 0 aliphatic rings. The van der Waals surface area contributed by atoms with E-state index in [2.05, 4.69) is 98.2 Å². The molecule has 0 aliphatic carbocycles. The minimum atomic E-state index is -0.190. The van der Waals surface area contributed by atoms with Crippen LogP contribution >= 0.6 is 0 Å². The predicted molar refractivity (Wildman–Crippen MR) is 166 cm³/mol. The highest BCUT2D eigenvalue weighted by atomic mass is 16.7. The molecule has 3 heterocycles. The first-order chi connectivity index (χ1) is 20.7. The fourth-order valence-electron chi connectivity index (χ4n) is 2.38. The van der Waals surface area contributed by atoms with Crippen molar-refractivity contribution in [2.24, 2.45) is 0 Å². The third-order valence-electron chi connectivity index (χ3n) is 3.94. The van der Waals surface area contributed by atoms with Crippen LogP contribution in [0.3, 0.4) is 0 Å². The van der Waals surface area contributed by atoms with E-state index in [1.54, 1.807) is 55.7 Å². The summed E-state index contributed by atoms with van der Waals surface area (Å²) in [5.41, 5.74) is 14.5. The summed E-state index contributed by atoms with van der Waals surface area (Å²) in [6, 6.07) is 9.16. The molecule has 0 fully saturated rings. The Balaban J connectivity index is -0.000000317. The lowest BCUT2D eigenvalue weighted by molar-refractivity contribution is 0.0947. The molecule has 2 N–H and O–H groups in total. The first-order valence-corrected chi connectivity index (χ1v) is 11.3. The summed E-state index contributed by atoms with van der Waals surface area (Å²) in [6.07, 6.45) is 8.27. The van der Waals surface area contributed by atoms with Crippen LogP contribution in [-0.2, 0) is 6.54 Å². The monoisotopic (exact) mass is 558 g/mol. The predicted octanol–water partition coefficient (Wildman–Crippen LogP) is 5.40. The maximum absolute atomic E-state index is 12.1. The van der Waals surface area contributed by atoms with Gasteiger partial charge in [0.1, 0.15) is 5.76 Å². The van der Waals surface area contributed by atoms with Crippen LogP contribution < -0.4 is 5.32 Å². The second-order valence-electron chi connectivity index (χ2n) is 6.57. The van der Waals surface area contributed by atoms with Gasteiger partial charge >= 0.3 is 0 Å². The summed E-state index contributed by atoms with van der Waals surface area (Å²) >= 11 is 0. The molecule has 3 aromatic heterocycles. The van der Waals surface area contributed by atoms with E-state index in [9.17, 15) is 4.79 Å². The molecule has 3 aromatic rings. The Bertz CT molecular complexity index is 1720. The number of aromatic nitrogens is 2. The first-order valence-electron chi connectivity index (χ1n) is 11.3. The fraction of sp³-hybridized carbons (Fsp3) is 0.0938. The van der Waals surface area contributed by atoms with E-state index >= 15 is 0 Å². The SMILES string of the molecule is CC#CC#CC#CC#CC#CC#CC#CC.O=C(NCc1ccco1)c1cncc(-c2cccnc2)c1.O=O.[HH].[HH].[HH].[N-]=[N+]=N. The Kier molecular flexibility index (Phi) is 21.2. The van der Waals surface area contributed by atoms with Crippen molar-refractivity contribution in [3.8, 4) is 94.0 Å². The zero-order chi connectivity index (χ0) is 31.1. The van der Waals surface area contributed by atoms with Gasteiger partial charge in [-0.2, -0.15) is 0 Å². The second kappa shape index (κ2) is 25.5. The quantitative estimate of drug-likeness (QED) is 0.189. The fourth-order valence-corrected chi connectivity index (χ4v) is 2.38. The minimum absolute atomic E-state index is 0. The molecule has 10 nitrogen and oxygen atoms in total. The number of nitrogens with one attached hydrogen (secondary N) is 2. The molecule has 0 unspecified atom stereocenters. The summed E-state index contributed by atoms with van der Waals surface area (Å²) in [5, 5.41) is 2.79. The van der Waals surface area contributed by atoms with Crippen molar-refractivity contribution in [3.63, 3.8) is 0 Å². The number of carbonyl (C=O) groups is 1. The molecule has 0 spiro atoms. The molecule has 0 aliphatic heterocycles. The Morgan fingerprint density at radius 3 is 1.83 bits per heavy atom. The average molecular weight is 559 g/mol. The molecule has 0 atom stereocenters. The van der Waals surface area contributed by atoms with Gasteiger partial charge in [-0.25, -0.2) is 0 Å². The normalized spacial score (nSPS) is 6.90. The van der Waals surface area contributed by atoms with Gasteiger partial charge in [-0.05, 0) is 120 Å². The van der Waals surface area contributed by atoms with Gasteiger partial charge in [0.2, 0.25) is 0 Å². The summed E-state index contributed by atoms with van der Waals surface area (Å²) in [5.74, 6) is 36.1. The molecule has 208 valence electrons. The molecule has 1 amide bonds. The van der Waals surface area contributed by atoms with Gasteiger partial charge in [0.15, 0.2) is 0 Å². The molecule has 0 saturated heterocycles. The lowest BCUT2D eigenvalue weighted by Gasteiger charge is -2.05. The standard InChI is InChI=1S/C16H13N3O2.C16H6.HN3.O2.3H2/c20-16(19-11-15-4-2-6-21-15)14-7-13(9-18-10-14)12-3-1-5-17-8-12;1-3-5-7-9-11-13-15-16-14-12-10-8-6-4-2;1-3-2;1-2;;;/h1-10H,11H2,(H,19,20);1-2H3;1H;;3*1H. The number of hydrogen-bond donors (Lipinski definition) is 2. The number of rotatable bonds is 4. The van der Waals surface area contributed by atoms with Crippen molar-refractivity contribution in [2.45, 2.75) is 20.4 Å². The van der Waals surface area contributed by atoms with Crippen LogP contribution in [0, 0.1) is 98.3 Å². The molecule has 10 heteroatoms. The summed E-state index contributed by atoms with van der Waals surface area (Å²) < 4.78 is 5.17. The van der Waals surface area contributed by atoms with E-state index in [0.717, 1.165) is 11.1 Å². The summed E-state index contributed by atoms with van der Waals surface area (Å²) in [6.45, 7) is 3.77. The Hall–Kier alpha value is -7.12. The highest BCUT2D eigenvalue weighted by Gasteiger charge is 2.08. The van der Waals surface area contributed by atoms with E-state index in [1.807, 2.05) is 18.2 Å². The van der Waals surface area contributed by atoms with Crippen molar-refractivity contribution in [1.82, 2.24) is 15.3 Å². The molecular weight excluding hydrogens is 532 g/mol. The van der Waals surface area contributed by atoms with Gasteiger partial charge in [0.25, 0.3) is 5.91 Å². The Labute approximate surface area is 247 Å². The van der Waals surface area contributed by atoms with E-state index in [0.29, 0.717) is 17.9 Å². The molecule has 0 radical (unpaired) electrons.